The molecule has 2 aromatic carbocycles. The van der Waals surface area contributed by atoms with Crippen molar-refractivity contribution in [3.05, 3.63) is 48.0 Å². The van der Waals surface area contributed by atoms with Gasteiger partial charge < -0.3 is 25.0 Å². The number of fused-ring (bicyclic) bond motifs is 1. The van der Waals surface area contributed by atoms with E-state index in [4.69, 9.17) is 9.47 Å². The first-order chi connectivity index (χ1) is 13.0. The zero-order valence-corrected chi connectivity index (χ0v) is 14.1. The number of hydrogen-bond acceptors (Lipinski definition) is 7. The molecule has 2 amide bonds. The van der Waals surface area contributed by atoms with Crippen molar-refractivity contribution in [1.82, 2.24) is 10.7 Å². The molecule has 1 atom stereocenters. The van der Waals surface area contributed by atoms with Crippen LogP contribution in [-0.4, -0.2) is 47.5 Å². The summed E-state index contributed by atoms with van der Waals surface area (Å²) in [6, 6.07) is 10.9. The maximum atomic E-state index is 12.1. The van der Waals surface area contributed by atoms with Crippen LogP contribution < -0.4 is 20.2 Å². The summed E-state index contributed by atoms with van der Waals surface area (Å²) in [6.07, 6.45) is 0.355. The first-order valence-corrected chi connectivity index (χ1v) is 8.03. The minimum Gasteiger partial charge on any atom is -0.508 e. The number of rotatable bonds is 5. The van der Waals surface area contributed by atoms with E-state index in [1.165, 1.54) is 18.3 Å². The third-order valence-corrected chi connectivity index (χ3v) is 3.63. The van der Waals surface area contributed by atoms with Crippen LogP contribution in [0, 0.1) is 0 Å². The van der Waals surface area contributed by atoms with Crippen LogP contribution in [0.5, 0.6) is 23.0 Å². The number of carbonyl (C=O) groups excluding carboxylic acids is 2. The molecule has 0 aliphatic carbocycles. The Morgan fingerprint density at radius 2 is 1.96 bits per heavy atom. The highest BCUT2D eigenvalue weighted by Crippen LogP contribution is 2.30. The zero-order valence-electron chi connectivity index (χ0n) is 14.1. The Kier molecular flexibility index (Phi) is 5.41. The SMILES string of the molecule is O=C(CNC(=O)C1COc2ccccc2O1)N/N=C/c1ccc(O)cc1O. The van der Waals surface area contributed by atoms with Gasteiger partial charge in [-0.3, -0.25) is 9.59 Å². The van der Waals surface area contributed by atoms with E-state index in [-0.39, 0.29) is 24.7 Å². The summed E-state index contributed by atoms with van der Waals surface area (Å²) in [5.74, 6) is -0.295. The van der Waals surface area contributed by atoms with Crippen LogP contribution in [0.3, 0.4) is 0 Å². The molecule has 140 valence electrons. The molecule has 0 fully saturated rings. The van der Waals surface area contributed by atoms with Gasteiger partial charge in [-0.25, -0.2) is 5.43 Å². The van der Waals surface area contributed by atoms with Gasteiger partial charge in [-0.2, -0.15) is 5.10 Å². The fourth-order valence-corrected chi connectivity index (χ4v) is 2.28. The second-order valence-corrected chi connectivity index (χ2v) is 5.62. The second kappa shape index (κ2) is 8.09. The minimum atomic E-state index is -0.856. The molecule has 0 radical (unpaired) electrons. The summed E-state index contributed by atoms with van der Waals surface area (Å²) >= 11 is 0. The van der Waals surface area contributed by atoms with Gasteiger partial charge in [-0.1, -0.05) is 12.1 Å². The number of nitrogens with zero attached hydrogens (tertiary/aromatic N) is 1. The van der Waals surface area contributed by atoms with Gasteiger partial charge >= 0.3 is 0 Å². The average molecular weight is 371 g/mol. The number of ether oxygens (including phenoxy) is 2. The van der Waals surface area contributed by atoms with Crippen LogP contribution in [0.15, 0.2) is 47.6 Å². The topological polar surface area (TPSA) is 129 Å². The molecule has 0 saturated carbocycles. The fourth-order valence-electron chi connectivity index (χ4n) is 2.28. The molecule has 0 bridgehead atoms. The largest absolute Gasteiger partial charge is 0.508 e. The summed E-state index contributed by atoms with van der Waals surface area (Å²) in [7, 11) is 0. The first kappa shape index (κ1) is 18.1. The number of para-hydroxylation sites is 2. The van der Waals surface area contributed by atoms with Gasteiger partial charge in [0.05, 0.1) is 12.8 Å². The Bertz CT molecular complexity index is 883. The lowest BCUT2D eigenvalue weighted by atomic mass is 10.2. The third kappa shape index (κ3) is 4.66. The van der Waals surface area contributed by atoms with Crippen molar-refractivity contribution in [3.8, 4) is 23.0 Å². The molecule has 0 spiro atoms. The lowest BCUT2D eigenvalue weighted by Gasteiger charge is -2.25. The number of phenolic OH excluding ortho intramolecular Hbond substituents is 2. The lowest BCUT2D eigenvalue weighted by molar-refractivity contribution is -0.132. The molecule has 0 saturated heterocycles. The van der Waals surface area contributed by atoms with E-state index in [2.05, 4.69) is 15.8 Å². The van der Waals surface area contributed by atoms with E-state index in [1.54, 1.807) is 24.3 Å². The minimum absolute atomic E-state index is 0.0444. The van der Waals surface area contributed by atoms with Crippen molar-refractivity contribution in [2.24, 2.45) is 5.10 Å². The van der Waals surface area contributed by atoms with Crippen molar-refractivity contribution >= 4 is 18.0 Å². The Balaban J connectivity index is 1.45. The highest BCUT2D eigenvalue weighted by atomic mass is 16.6. The van der Waals surface area contributed by atoms with Gasteiger partial charge in [0.1, 0.15) is 18.1 Å². The van der Waals surface area contributed by atoms with Crippen LogP contribution in [0.25, 0.3) is 0 Å². The van der Waals surface area contributed by atoms with E-state index in [9.17, 15) is 19.8 Å². The van der Waals surface area contributed by atoms with Crippen LogP contribution in [0.2, 0.25) is 0 Å². The monoisotopic (exact) mass is 371 g/mol. The molecule has 2 aromatic rings. The van der Waals surface area contributed by atoms with Crippen LogP contribution in [0.1, 0.15) is 5.56 Å². The fraction of sp³-hybridized carbons (Fsp3) is 0.167. The maximum absolute atomic E-state index is 12.1. The van der Waals surface area contributed by atoms with Crippen LogP contribution in [0.4, 0.5) is 0 Å². The van der Waals surface area contributed by atoms with Crippen molar-refractivity contribution in [3.63, 3.8) is 0 Å². The van der Waals surface area contributed by atoms with Crippen molar-refractivity contribution in [2.45, 2.75) is 6.10 Å². The molecule has 0 aromatic heterocycles. The lowest BCUT2D eigenvalue weighted by Crippen LogP contribution is -2.46. The van der Waals surface area contributed by atoms with E-state index in [1.807, 2.05) is 0 Å². The Morgan fingerprint density at radius 3 is 2.74 bits per heavy atom. The van der Waals surface area contributed by atoms with Crippen molar-refractivity contribution in [2.75, 3.05) is 13.2 Å². The number of carbonyl (C=O) groups is 2. The van der Waals surface area contributed by atoms with Gasteiger partial charge in [0.2, 0.25) is 6.10 Å². The first-order valence-electron chi connectivity index (χ1n) is 8.03. The van der Waals surface area contributed by atoms with E-state index >= 15 is 0 Å². The molecular formula is C18H17N3O6. The third-order valence-electron chi connectivity index (χ3n) is 3.63. The summed E-state index contributed by atoms with van der Waals surface area (Å²) in [4.78, 5) is 23.8. The predicted octanol–water partition coefficient (Wildman–Crippen LogP) is 0.504. The number of phenols is 2. The molecular weight excluding hydrogens is 354 g/mol. The molecule has 4 N–H and O–H groups in total. The molecule has 1 aliphatic rings. The summed E-state index contributed by atoms with van der Waals surface area (Å²) in [6.45, 7) is -0.262. The number of aromatic hydroxyl groups is 2. The second-order valence-electron chi connectivity index (χ2n) is 5.62. The number of amides is 2. The van der Waals surface area contributed by atoms with Gasteiger partial charge in [0, 0.05) is 11.6 Å². The molecule has 1 unspecified atom stereocenters. The smallest absolute Gasteiger partial charge is 0.265 e. The van der Waals surface area contributed by atoms with Crippen molar-refractivity contribution in [1.29, 1.82) is 0 Å². The Hall–Kier alpha value is -3.75. The number of hydrazone groups is 1. The highest BCUT2D eigenvalue weighted by molar-refractivity contribution is 5.89. The van der Waals surface area contributed by atoms with Gasteiger partial charge in [0.15, 0.2) is 11.5 Å². The molecule has 3 rings (SSSR count). The normalized spacial score (nSPS) is 15.3. The number of benzene rings is 2. The van der Waals surface area contributed by atoms with Gasteiger partial charge in [-0.05, 0) is 24.3 Å². The summed E-state index contributed by atoms with van der Waals surface area (Å²) in [5, 5.41) is 24.9. The Morgan fingerprint density at radius 1 is 1.19 bits per heavy atom. The standard InChI is InChI=1S/C18H17N3O6/c22-12-6-5-11(13(23)7-12)8-20-21-17(24)9-19-18(25)16-10-26-14-3-1-2-4-15(14)27-16/h1-8,16,22-23H,9-10H2,(H,19,25)(H,21,24)/b20-8+. The molecule has 27 heavy (non-hydrogen) atoms. The summed E-state index contributed by atoms with van der Waals surface area (Å²) < 4.78 is 11.0. The highest BCUT2D eigenvalue weighted by Gasteiger charge is 2.27. The molecule has 1 heterocycles. The van der Waals surface area contributed by atoms with E-state index < -0.39 is 17.9 Å². The summed E-state index contributed by atoms with van der Waals surface area (Å²) in [5.41, 5.74) is 2.53. The van der Waals surface area contributed by atoms with Crippen LogP contribution in [-0.2, 0) is 9.59 Å². The average Bonchev–Trinajstić information content (AvgIpc) is 2.67. The quantitative estimate of drug-likeness (QED) is 0.447. The van der Waals surface area contributed by atoms with Crippen molar-refractivity contribution < 1.29 is 29.3 Å². The molecule has 9 heteroatoms. The van der Waals surface area contributed by atoms with Crippen LogP contribution >= 0.6 is 0 Å². The molecule has 1 aliphatic heterocycles. The number of nitrogens with one attached hydrogen (secondary N) is 2. The number of hydrogen-bond donors (Lipinski definition) is 4. The Labute approximate surface area is 154 Å². The maximum Gasteiger partial charge on any atom is 0.265 e. The zero-order chi connectivity index (χ0) is 19.2. The van der Waals surface area contributed by atoms with E-state index in [0.29, 0.717) is 17.1 Å². The van der Waals surface area contributed by atoms with E-state index in [0.717, 1.165) is 6.07 Å². The predicted molar refractivity (Wildman–Crippen MR) is 94.9 cm³/mol. The van der Waals surface area contributed by atoms with Gasteiger partial charge in [-0.15, -0.1) is 0 Å². The molecule has 9 nitrogen and oxygen atoms in total. The van der Waals surface area contributed by atoms with Gasteiger partial charge in [0.25, 0.3) is 11.8 Å².